The van der Waals surface area contributed by atoms with Crippen molar-refractivity contribution in [2.24, 2.45) is 5.92 Å². The predicted molar refractivity (Wildman–Crippen MR) is 199 cm³/mol. The molecular formula is C41H71BrO. The van der Waals surface area contributed by atoms with E-state index in [1.54, 1.807) is 0 Å². The average molecular weight is 660 g/mol. The van der Waals surface area contributed by atoms with Crippen molar-refractivity contribution in [2.45, 2.75) is 181 Å². The minimum Gasteiger partial charge on any atom is -0.300 e. The number of hydrogen-bond donors (Lipinski definition) is 0. The number of unbranched alkanes of at least 4 members (excludes halogenated alkanes) is 15. The van der Waals surface area contributed by atoms with E-state index in [2.05, 4.69) is 90.5 Å². The summed E-state index contributed by atoms with van der Waals surface area (Å²) in [5, 5.41) is 0.934. The highest BCUT2D eigenvalue weighted by atomic mass is 79.9. The summed E-state index contributed by atoms with van der Waals surface area (Å²) >= 11 is 3.48. The van der Waals surface area contributed by atoms with Gasteiger partial charge >= 0.3 is 0 Å². The van der Waals surface area contributed by atoms with Crippen LogP contribution in [0.25, 0.3) is 0 Å². The smallest absolute Gasteiger partial charge is 0.133 e. The Balaban J connectivity index is 3.98. The number of alkyl halides is 1. The van der Waals surface area contributed by atoms with Gasteiger partial charge in [0.15, 0.2) is 0 Å². The van der Waals surface area contributed by atoms with Crippen LogP contribution in [-0.4, -0.2) is 11.1 Å². The van der Waals surface area contributed by atoms with E-state index in [-0.39, 0.29) is 0 Å². The Morgan fingerprint density at radius 1 is 0.512 bits per heavy atom. The number of halogens is 1. The number of carbonyl (C=O) groups is 1. The molecule has 1 unspecified atom stereocenters. The number of hydrogen-bond acceptors (Lipinski definition) is 1. The molecule has 0 rings (SSSR count). The van der Waals surface area contributed by atoms with E-state index in [9.17, 15) is 4.79 Å². The van der Waals surface area contributed by atoms with Crippen molar-refractivity contribution in [1.82, 2.24) is 0 Å². The Hall–Kier alpha value is -1.15. The first-order valence-corrected chi connectivity index (χ1v) is 19.7. The molecule has 0 radical (unpaired) electrons. The molecule has 0 aromatic heterocycles. The molecule has 0 aliphatic rings. The van der Waals surface area contributed by atoms with E-state index < -0.39 is 0 Å². The van der Waals surface area contributed by atoms with Crippen LogP contribution >= 0.6 is 15.9 Å². The topological polar surface area (TPSA) is 17.1 Å². The summed E-state index contributed by atoms with van der Waals surface area (Å²) in [7, 11) is 0. The summed E-state index contributed by atoms with van der Waals surface area (Å²) in [5.41, 5.74) is 0. The number of rotatable bonds is 33. The van der Waals surface area contributed by atoms with Gasteiger partial charge in [0.1, 0.15) is 5.78 Å². The van der Waals surface area contributed by atoms with Crippen LogP contribution in [0.2, 0.25) is 0 Å². The standard InChI is InChI=1S/C41H71BrO/c1-3-5-7-9-11-13-15-17-19-21-23-25-27-29-31-33-36-40(39-41(43)37-34-38-42)35-32-30-28-26-24-22-20-18-16-14-12-10-8-6-4-2/h11-14,16-19,29,31,40H,3-10,15,20-28,30,32-39H2,1-2H3/b13-11-,14-12-,18-16+,19-17-,31-29+. The molecule has 0 N–H and O–H groups in total. The third-order valence-corrected chi connectivity index (χ3v) is 8.74. The molecule has 0 fully saturated rings. The highest BCUT2D eigenvalue weighted by molar-refractivity contribution is 9.09. The van der Waals surface area contributed by atoms with Crippen molar-refractivity contribution in [3.63, 3.8) is 0 Å². The van der Waals surface area contributed by atoms with E-state index in [4.69, 9.17) is 0 Å². The number of carbonyl (C=O) groups excluding carboxylic acids is 1. The third kappa shape index (κ3) is 35.2. The molecular weight excluding hydrogens is 588 g/mol. The predicted octanol–water partition coefficient (Wildman–Crippen LogP) is 14.5. The van der Waals surface area contributed by atoms with Gasteiger partial charge in [0.25, 0.3) is 0 Å². The van der Waals surface area contributed by atoms with Crippen LogP contribution in [0.5, 0.6) is 0 Å². The molecule has 0 aliphatic carbocycles. The molecule has 1 atom stereocenters. The molecule has 0 aliphatic heterocycles. The summed E-state index contributed by atoms with van der Waals surface area (Å²) in [4.78, 5) is 12.5. The minimum atomic E-state index is 0.470. The van der Waals surface area contributed by atoms with Crippen molar-refractivity contribution in [2.75, 3.05) is 5.33 Å². The molecule has 0 spiro atoms. The summed E-state index contributed by atoms with van der Waals surface area (Å²) in [6.07, 6.45) is 54.8. The van der Waals surface area contributed by atoms with Crippen LogP contribution in [0.1, 0.15) is 181 Å². The second-order valence-corrected chi connectivity index (χ2v) is 13.3. The van der Waals surface area contributed by atoms with Gasteiger partial charge in [-0.3, -0.25) is 4.79 Å². The number of allylic oxidation sites excluding steroid dienone is 10. The van der Waals surface area contributed by atoms with Gasteiger partial charge in [-0.2, -0.15) is 0 Å². The molecule has 2 heteroatoms. The minimum absolute atomic E-state index is 0.470. The maximum absolute atomic E-state index is 12.5. The monoisotopic (exact) mass is 658 g/mol. The van der Waals surface area contributed by atoms with Crippen molar-refractivity contribution < 1.29 is 4.79 Å². The van der Waals surface area contributed by atoms with Crippen LogP contribution in [0.15, 0.2) is 60.8 Å². The van der Waals surface area contributed by atoms with Crippen molar-refractivity contribution in [3.8, 4) is 0 Å². The molecule has 0 saturated heterocycles. The van der Waals surface area contributed by atoms with E-state index in [1.807, 2.05) is 0 Å². The molecule has 1 nitrogen and oxygen atoms in total. The SMILES string of the molecule is CCCCC/C=C\C=C\CCCCCCCCC(CC/C=C/CCCC/C=C\C/C=C\CCCCC)CC(=O)CCCBr. The van der Waals surface area contributed by atoms with Gasteiger partial charge in [0, 0.05) is 18.2 Å². The van der Waals surface area contributed by atoms with Crippen LogP contribution in [0.3, 0.4) is 0 Å². The third-order valence-electron chi connectivity index (χ3n) is 8.18. The Morgan fingerprint density at radius 3 is 1.56 bits per heavy atom. The molecule has 0 heterocycles. The Labute approximate surface area is 278 Å². The molecule has 0 saturated carbocycles. The fraction of sp³-hybridized carbons (Fsp3) is 0.732. The van der Waals surface area contributed by atoms with Crippen molar-refractivity contribution in [3.05, 3.63) is 60.8 Å². The van der Waals surface area contributed by atoms with Crippen LogP contribution in [0, 0.1) is 5.92 Å². The lowest BCUT2D eigenvalue weighted by Gasteiger charge is -2.15. The summed E-state index contributed by atoms with van der Waals surface area (Å²) in [5.74, 6) is 1.04. The Kier molecular flexibility index (Phi) is 36.0. The molecule has 0 amide bonds. The lowest BCUT2D eigenvalue weighted by atomic mass is 9.90. The fourth-order valence-electron chi connectivity index (χ4n) is 5.41. The highest BCUT2D eigenvalue weighted by Crippen LogP contribution is 2.22. The molecule has 0 aromatic rings. The first-order valence-electron chi connectivity index (χ1n) is 18.6. The van der Waals surface area contributed by atoms with Gasteiger partial charge < -0.3 is 0 Å². The zero-order chi connectivity index (χ0) is 31.3. The second kappa shape index (κ2) is 37.0. The zero-order valence-corrected chi connectivity index (χ0v) is 30.3. The van der Waals surface area contributed by atoms with Crippen LogP contribution in [-0.2, 0) is 4.79 Å². The van der Waals surface area contributed by atoms with Crippen LogP contribution in [0.4, 0.5) is 0 Å². The van der Waals surface area contributed by atoms with Crippen LogP contribution < -0.4 is 0 Å². The maximum Gasteiger partial charge on any atom is 0.133 e. The van der Waals surface area contributed by atoms with Gasteiger partial charge in [-0.05, 0) is 95.8 Å². The first kappa shape index (κ1) is 41.9. The van der Waals surface area contributed by atoms with Crippen molar-refractivity contribution in [1.29, 1.82) is 0 Å². The molecule has 0 bridgehead atoms. The van der Waals surface area contributed by atoms with E-state index in [1.165, 1.54) is 135 Å². The summed E-state index contributed by atoms with van der Waals surface area (Å²) < 4.78 is 0. The first-order chi connectivity index (χ1) is 21.2. The van der Waals surface area contributed by atoms with Gasteiger partial charge in [-0.1, -0.05) is 155 Å². The Bertz CT molecular complexity index is 713. The van der Waals surface area contributed by atoms with Gasteiger partial charge in [0.2, 0.25) is 0 Å². The molecule has 43 heavy (non-hydrogen) atoms. The average Bonchev–Trinajstić information content (AvgIpc) is 3.01. The van der Waals surface area contributed by atoms with E-state index in [0.29, 0.717) is 11.7 Å². The summed E-state index contributed by atoms with van der Waals surface area (Å²) in [6, 6.07) is 0. The number of Topliss-reactive ketones (excluding diaryl/α,β-unsaturated/α-hetero) is 1. The van der Waals surface area contributed by atoms with E-state index >= 15 is 0 Å². The quantitative estimate of drug-likeness (QED) is 0.0297. The zero-order valence-electron chi connectivity index (χ0n) is 28.7. The molecule has 0 aromatic carbocycles. The lowest BCUT2D eigenvalue weighted by molar-refractivity contribution is -0.120. The maximum atomic E-state index is 12.5. The summed E-state index contributed by atoms with van der Waals surface area (Å²) in [6.45, 7) is 4.52. The molecule has 248 valence electrons. The van der Waals surface area contributed by atoms with Gasteiger partial charge in [0.05, 0.1) is 0 Å². The lowest BCUT2D eigenvalue weighted by Crippen LogP contribution is -2.09. The largest absolute Gasteiger partial charge is 0.300 e. The normalized spacial score (nSPS) is 13.2. The number of ketones is 1. The van der Waals surface area contributed by atoms with Gasteiger partial charge in [-0.15, -0.1) is 0 Å². The van der Waals surface area contributed by atoms with Gasteiger partial charge in [-0.25, -0.2) is 0 Å². The highest BCUT2D eigenvalue weighted by Gasteiger charge is 2.13. The van der Waals surface area contributed by atoms with Crippen molar-refractivity contribution >= 4 is 21.7 Å². The Morgan fingerprint density at radius 2 is 0.977 bits per heavy atom. The second-order valence-electron chi connectivity index (χ2n) is 12.5. The van der Waals surface area contributed by atoms with E-state index in [0.717, 1.165) is 37.4 Å². The fourth-order valence-corrected chi connectivity index (χ4v) is 5.69.